The van der Waals surface area contributed by atoms with Crippen molar-refractivity contribution in [3.63, 3.8) is 0 Å². The molecule has 0 spiro atoms. The lowest BCUT2D eigenvalue weighted by Gasteiger charge is -2.06. The zero-order valence-electron chi connectivity index (χ0n) is 7.42. The summed E-state index contributed by atoms with van der Waals surface area (Å²) in [4.78, 5) is 10.4. The van der Waals surface area contributed by atoms with Crippen LogP contribution in [0.4, 0.5) is 4.48 Å². The second-order valence-corrected chi connectivity index (χ2v) is 3.36. The number of ketones is 1. The van der Waals surface area contributed by atoms with E-state index in [1.807, 2.05) is 6.26 Å². The summed E-state index contributed by atoms with van der Waals surface area (Å²) in [6.07, 6.45) is 4.84. The number of hydrogen-bond acceptors (Lipinski definition) is 3. The van der Waals surface area contributed by atoms with Crippen molar-refractivity contribution >= 4 is 17.5 Å². The average molecular weight is 191 g/mol. The van der Waals surface area contributed by atoms with Crippen molar-refractivity contribution in [1.29, 1.82) is 0 Å². The Morgan fingerprint density at radius 1 is 1.67 bits per heavy atom. The summed E-state index contributed by atoms with van der Waals surface area (Å²) in [5.41, 5.74) is 0. The van der Waals surface area contributed by atoms with E-state index in [1.54, 1.807) is 11.8 Å². The standard InChI is InChI=1S/C8H14FNOS/c1-8(11)4-3-5-10(9)6-7-12-2/h3-4H,5-7H2,1-2H3/b4-3+. The SMILES string of the molecule is CSCCN(F)C/C=C/C(C)=O. The van der Waals surface area contributed by atoms with Crippen LogP contribution in [0, 0.1) is 0 Å². The summed E-state index contributed by atoms with van der Waals surface area (Å²) < 4.78 is 12.7. The number of nitrogens with zero attached hydrogens (tertiary/aromatic N) is 1. The van der Waals surface area contributed by atoms with Gasteiger partial charge in [-0.1, -0.05) is 6.08 Å². The van der Waals surface area contributed by atoms with Crippen LogP contribution in [-0.2, 0) is 4.79 Å². The van der Waals surface area contributed by atoms with Crippen LogP contribution in [0.1, 0.15) is 6.92 Å². The lowest BCUT2D eigenvalue weighted by molar-refractivity contribution is -0.112. The zero-order valence-corrected chi connectivity index (χ0v) is 8.23. The summed E-state index contributed by atoms with van der Waals surface area (Å²) >= 11 is 1.60. The number of carbonyl (C=O) groups is 1. The first-order chi connectivity index (χ1) is 5.66. The van der Waals surface area contributed by atoms with Gasteiger partial charge in [-0.15, -0.1) is 9.60 Å². The van der Waals surface area contributed by atoms with Gasteiger partial charge in [0, 0.05) is 18.8 Å². The molecule has 0 saturated heterocycles. The van der Waals surface area contributed by atoms with E-state index in [0.717, 1.165) is 5.75 Å². The maximum absolute atomic E-state index is 12.7. The highest BCUT2D eigenvalue weighted by molar-refractivity contribution is 7.98. The van der Waals surface area contributed by atoms with Crippen LogP contribution in [0.3, 0.4) is 0 Å². The molecule has 0 rings (SSSR count). The fourth-order valence-corrected chi connectivity index (χ4v) is 0.995. The molecule has 70 valence electrons. The second kappa shape index (κ2) is 7.31. The average Bonchev–Trinajstić information content (AvgIpc) is 2.00. The van der Waals surface area contributed by atoms with Crippen molar-refractivity contribution < 1.29 is 9.28 Å². The quantitative estimate of drug-likeness (QED) is 0.470. The highest BCUT2D eigenvalue weighted by Crippen LogP contribution is 1.96. The van der Waals surface area contributed by atoms with Gasteiger partial charge in [0.15, 0.2) is 5.78 Å². The number of hydrogen-bond donors (Lipinski definition) is 0. The van der Waals surface area contributed by atoms with Crippen LogP contribution < -0.4 is 0 Å². The zero-order chi connectivity index (χ0) is 9.40. The maximum Gasteiger partial charge on any atom is 0.152 e. The van der Waals surface area contributed by atoms with Gasteiger partial charge in [-0.25, -0.2) is 0 Å². The molecule has 0 saturated carbocycles. The highest BCUT2D eigenvalue weighted by atomic mass is 32.2. The first-order valence-corrected chi connectivity index (χ1v) is 5.13. The lowest BCUT2D eigenvalue weighted by Crippen LogP contribution is -2.16. The summed E-state index contributed by atoms with van der Waals surface area (Å²) in [6, 6.07) is 0. The van der Waals surface area contributed by atoms with Gasteiger partial charge >= 0.3 is 0 Å². The Bertz CT molecular complexity index is 161. The van der Waals surface area contributed by atoms with Crippen molar-refractivity contribution in [3.05, 3.63) is 12.2 Å². The molecule has 2 nitrogen and oxygen atoms in total. The molecule has 0 heterocycles. The maximum atomic E-state index is 12.7. The van der Waals surface area contributed by atoms with E-state index in [-0.39, 0.29) is 12.3 Å². The monoisotopic (exact) mass is 191 g/mol. The molecule has 0 atom stereocenters. The molecule has 0 aliphatic carbocycles. The summed E-state index contributed by atoms with van der Waals surface area (Å²) in [5, 5.41) is 0.690. The molecule has 0 amide bonds. The van der Waals surface area contributed by atoms with Gasteiger partial charge in [0.25, 0.3) is 0 Å². The molecule has 0 aromatic carbocycles. The number of carbonyl (C=O) groups excluding carboxylic acids is 1. The number of thioether (sulfide) groups is 1. The largest absolute Gasteiger partial charge is 0.295 e. The number of rotatable bonds is 6. The van der Waals surface area contributed by atoms with Crippen molar-refractivity contribution in [1.82, 2.24) is 5.12 Å². The van der Waals surface area contributed by atoms with E-state index in [0.29, 0.717) is 11.7 Å². The Morgan fingerprint density at radius 2 is 2.33 bits per heavy atom. The number of halogens is 1. The van der Waals surface area contributed by atoms with Crippen LogP contribution in [-0.4, -0.2) is 36.0 Å². The van der Waals surface area contributed by atoms with E-state index >= 15 is 0 Å². The predicted octanol–water partition coefficient (Wildman–Crippen LogP) is 1.68. The Balaban J connectivity index is 3.42. The van der Waals surface area contributed by atoms with Crippen LogP contribution in [0.15, 0.2) is 12.2 Å². The molecule has 0 fully saturated rings. The minimum atomic E-state index is -0.0479. The van der Waals surface area contributed by atoms with E-state index in [9.17, 15) is 9.28 Å². The molecular formula is C8H14FNOS. The van der Waals surface area contributed by atoms with Crippen molar-refractivity contribution in [3.8, 4) is 0 Å². The van der Waals surface area contributed by atoms with Gasteiger partial charge in [-0.2, -0.15) is 11.8 Å². The Labute approximate surface area is 76.7 Å². The summed E-state index contributed by atoms with van der Waals surface area (Å²) in [5.74, 6) is 0.720. The lowest BCUT2D eigenvalue weighted by atomic mass is 10.4. The minimum Gasteiger partial charge on any atom is -0.295 e. The molecule has 0 aliphatic heterocycles. The Morgan fingerprint density at radius 3 is 2.83 bits per heavy atom. The Hall–Kier alpha value is -0.350. The molecule has 0 unspecified atom stereocenters. The van der Waals surface area contributed by atoms with E-state index in [1.165, 1.54) is 19.1 Å². The Kier molecular flexibility index (Phi) is 7.09. The molecule has 0 radical (unpaired) electrons. The molecular weight excluding hydrogens is 177 g/mol. The predicted molar refractivity (Wildman–Crippen MR) is 50.9 cm³/mol. The third kappa shape index (κ3) is 7.75. The van der Waals surface area contributed by atoms with Gasteiger partial charge < -0.3 is 0 Å². The van der Waals surface area contributed by atoms with Gasteiger partial charge in [0.1, 0.15) is 0 Å². The third-order valence-electron chi connectivity index (χ3n) is 1.19. The van der Waals surface area contributed by atoms with Crippen LogP contribution >= 0.6 is 11.8 Å². The van der Waals surface area contributed by atoms with Crippen molar-refractivity contribution in [2.24, 2.45) is 0 Å². The summed E-state index contributed by atoms with van der Waals surface area (Å²) in [7, 11) is 0. The molecule has 4 heteroatoms. The van der Waals surface area contributed by atoms with Gasteiger partial charge in [0.2, 0.25) is 0 Å². The van der Waals surface area contributed by atoms with Crippen LogP contribution in [0.25, 0.3) is 0 Å². The first-order valence-electron chi connectivity index (χ1n) is 3.73. The normalized spacial score (nSPS) is 11.3. The van der Waals surface area contributed by atoms with Gasteiger partial charge in [0.05, 0.1) is 0 Å². The summed E-state index contributed by atoms with van der Waals surface area (Å²) in [6.45, 7) is 2.05. The molecule has 0 aromatic heterocycles. The van der Waals surface area contributed by atoms with E-state index < -0.39 is 0 Å². The van der Waals surface area contributed by atoms with Crippen molar-refractivity contribution in [2.75, 3.05) is 25.1 Å². The smallest absolute Gasteiger partial charge is 0.152 e. The molecule has 12 heavy (non-hydrogen) atoms. The molecule has 0 bridgehead atoms. The third-order valence-corrected chi connectivity index (χ3v) is 1.78. The number of allylic oxidation sites excluding steroid dienone is 1. The van der Waals surface area contributed by atoms with Crippen LogP contribution in [0.2, 0.25) is 0 Å². The first kappa shape index (κ1) is 11.6. The topological polar surface area (TPSA) is 20.3 Å². The van der Waals surface area contributed by atoms with Crippen molar-refractivity contribution in [2.45, 2.75) is 6.92 Å². The molecule has 0 aliphatic rings. The minimum absolute atomic E-state index is 0.0479. The van der Waals surface area contributed by atoms with Gasteiger partial charge in [-0.3, -0.25) is 4.79 Å². The second-order valence-electron chi connectivity index (χ2n) is 2.37. The molecule has 0 aromatic rings. The van der Waals surface area contributed by atoms with Crippen LogP contribution in [0.5, 0.6) is 0 Å². The van der Waals surface area contributed by atoms with E-state index in [4.69, 9.17) is 0 Å². The molecule has 0 N–H and O–H groups in total. The fraction of sp³-hybridized carbons (Fsp3) is 0.625. The van der Waals surface area contributed by atoms with E-state index in [2.05, 4.69) is 0 Å². The van der Waals surface area contributed by atoms with Gasteiger partial charge in [-0.05, 0) is 19.3 Å². The fourth-order valence-electron chi connectivity index (χ4n) is 0.615. The highest BCUT2D eigenvalue weighted by Gasteiger charge is 1.97.